The highest BCUT2D eigenvalue weighted by molar-refractivity contribution is 5.91. The molecule has 0 saturated carbocycles. The third-order valence-electron chi connectivity index (χ3n) is 6.78. The number of carbonyl (C=O) groups excluding carboxylic acids is 2. The fraction of sp³-hybridized carbons (Fsp3) is 0.462. The number of hydrogen-bond donors (Lipinski definition) is 5. The highest BCUT2D eigenvalue weighted by Gasteiger charge is 2.55. The first kappa shape index (κ1) is 28.5. The first-order chi connectivity index (χ1) is 18.6. The number of aliphatic hydroxyl groups excluding tert-OH is 3. The quantitative estimate of drug-likeness (QED) is 0.158. The topological polar surface area (TPSA) is 191 Å². The summed E-state index contributed by atoms with van der Waals surface area (Å²) in [6, 6.07) is 4.38. The van der Waals surface area contributed by atoms with Gasteiger partial charge in [-0.2, -0.15) is 0 Å². The minimum Gasteiger partial charge on any atom is -0.504 e. The number of benzene rings is 1. The predicted molar refractivity (Wildman–Crippen MR) is 130 cm³/mol. The van der Waals surface area contributed by atoms with Gasteiger partial charge in [0.05, 0.1) is 32.5 Å². The Morgan fingerprint density at radius 2 is 2.03 bits per heavy atom. The Morgan fingerprint density at radius 3 is 2.72 bits per heavy atom. The highest BCUT2D eigenvalue weighted by atomic mass is 16.8. The van der Waals surface area contributed by atoms with E-state index in [0.29, 0.717) is 5.56 Å². The molecule has 13 heteroatoms. The summed E-state index contributed by atoms with van der Waals surface area (Å²) in [6.45, 7) is 2.92. The largest absolute Gasteiger partial charge is 0.504 e. The minimum atomic E-state index is -1.76. The molecule has 13 nitrogen and oxygen atoms in total. The smallest absolute Gasteiger partial charge is 0.340 e. The van der Waals surface area contributed by atoms with Gasteiger partial charge in [-0.25, -0.2) is 9.59 Å². The van der Waals surface area contributed by atoms with Crippen molar-refractivity contribution < 1.29 is 63.5 Å². The van der Waals surface area contributed by atoms with Crippen LogP contribution >= 0.6 is 0 Å². The van der Waals surface area contributed by atoms with Crippen LogP contribution in [0.2, 0.25) is 0 Å². The maximum atomic E-state index is 12.4. The summed E-state index contributed by atoms with van der Waals surface area (Å²) in [4.78, 5) is 24.5. The monoisotopic (exact) mass is 550 g/mol. The van der Waals surface area contributed by atoms with E-state index in [9.17, 15) is 35.1 Å². The van der Waals surface area contributed by atoms with Crippen LogP contribution in [0.1, 0.15) is 12.0 Å². The Labute approximate surface area is 223 Å². The summed E-state index contributed by atoms with van der Waals surface area (Å²) < 4.78 is 32.0. The molecule has 8 atom stereocenters. The average molecular weight is 551 g/mol. The number of phenols is 1. The Bertz CT molecular complexity index is 1140. The van der Waals surface area contributed by atoms with Crippen LogP contribution in [0.15, 0.2) is 48.8 Å². The van der Waals surface area contributed by atoms with E-state index in [1.807, 2.05) is 0 Å². The molecule has 0 spiro atoms. The van der Waals surface area contributed by atoms with Crippen molar-refractivity contribution in [2.45, 2.75) is 49.0 Å². The molecule has 212 valence electrons. The van der Waals surface area contributed by atoms with E-state index in [0.717, 1.165) is 12.3 Å². The third-order valence-corrected chi connectivity index (χ3v) is 6.78. The minimum absolute atomic E-state index is 0.0423. The van der Waals surface area contributed by atoms with Crippen molar-refractivity contribution in [2.75, 3.05) is 20.3 Å². The van der Waals surface area contributed by atoms with Crippen LogP contribution in [-0.2, 0) is 33.3 Å². The number of aliphatic hydroxyl groups is 4. The van der Waals surface area contributed by atoms with E-state index in [1.165, 1.54) is 37.5 Å². The summed E-state index contributed by atoms with van der Waals surface area (Å²) in [6.07, 6.45) is -4.35. The van der Waals surface area contributed by atoms with E-state index in [4.69, 9.17) is 28.4 Å². The Morgan fingerprint density at radius 1 is 1.26 bits per heavy atom. The summed E-state index contributed by atoms with van der Waals surface area (Å²) in [5.41, 5.74) is -1.31. The van der Waals surface area contributed by atoms with Crippen molar-refractivity contribution in [3.63, 3.8) is 0 Å². The normalized spacial score (nSPS) is 34.3. The number of aromatic hydroxyl groups is 1. The van der Waals surface area contributed by atoms with Crippen molar-refractivity contribution in [1.29, 1.82) is 0 Å². The SMILES string of the molecule is C=C[C@H]1C(O[C@@H]2O[C@H](CO)[C@H](OC(=O)/C=C/c3ccc(O)c(OC)c3)[C@@H](O)[C@H]2O)OC=C2C(=O)OCC[C@]21O. The highest BCUT2D eigenvalue weighted by Crippen LogP contribution is 2.42. The molecule has 3 aliphatic rings. The summed E-state index contributed by atoms with van der Waals surface area (Å²) in [7, 11) is 1.37. The molecule has 3 aliphatic heterocycles. The molecule has 0 aliphatic carbocycles. The zero-order valence-electron chi connectivity index (χ0n) is 20.9. The number of phenolic OH excluding ortho intramolecular Hbond substituents is 1. The third kappa shape index (κ3) is 5.64. The molecule has 1 aromatic rings. The molecule has 0 aromatic heterocycles. The summed E-state index contributed by atoms with van der Waals surface area (Å²) in [5, 5.41) is 52.1. The first-order valence-corrected chi connectivity index (χ1v) is 12.0. The van der Waals surface area contributed by atoms with Gasteiger partial charge in [0.25, 0.3) is 0 Å². The van der Waals surface area contributed by atoms with Crippen LogP contribution < -0.4 is 4.74 Å². The molecular formula is C26H30O13. The van der Waals surface area contributed by atoms with Crippen molar-refractivity contribution in [3.05, 3.63) is 54.3 Å². The lowest BCUT2D eigenvalue weighted by Gasteiger charge is -2.46. The Balaban J connectivity index is 1.43. The lowest BCUT2D eigenvalue weighted by Crippen LogP contribution is -2.62. The fourth-order valence-electron chi connectivity index (χ4n) is 4.63. The molecule has 5 N–H and O–H groups in total. The zero-order valence-corrected chi connectivity index (χ0v) is 20.9. The molecular weight excluding hydrogens is 520 g/mol. The molecule has 4 rings (SSSR count). The number of methoxy groups -OCH3 is 1. The van der Waals surface area contributed by atoms with Crippen LogP contribution in [0.4, 0.5) is 0 Å². The van der Waals surface area contributed by atoms with Crippen molar-refractivity contribution in [3.8, 4) is 11.5 Å². The van der Waals surface area contributed by atoms with Gasteiger partial charge in [0.15, 0.2) is 23.9 Å². The van der Waals surface area contributed by atoms with Gasteiger partial charge in [-0.1, -0.05) is 12.1 Å². The zero-order chi connectivity index (χ0) is 28.3. The lowest BCUT2D eigenvalue weighted by molar-refractivity contribution is -0.344. The number of ether oxygens (including phenoxy) is 6. The van der Waals surface area contributed by atoms with E-state index in [-0.39, 0.29) is 30.1 Å². The maximum absolute atomic E-state index is 12.4. The standard InChI is InChI=1S/C26H30O13/c1-3-14-24(36-12-15-23(32)35-9-8-26(14,15)33)39-25-21(31)20(30)22(18(11-27)37-25)38-19(29)7-5-13-4-6-16(28)17(10-13)34-2/h3-7,10,12,14,18,20-22,24-25,27-28,30-31,33H,1,8-9,11H2,2H3/b7-5+/t14-,18+,20-,21+,22-,24?,25-,26+/m0/s1. The number of hydrogen-bond acceptors (Lipinski definition) is 13. The Hall–Kier alpha value is -3.46. The molecule has 0 amide bonds. The van der Waals surface area contributed by atoms with E-state index < -0.39 is 67.1 Å². The summed E-state index contributed by atoms with van der Waals surface area (Å²) in [5.74, 6) is -2.53. The molecule has 1 unspecified atom stereocenters. The number of fused-ring (bicyclic) bond motifs is 1. The van der Waals surface area contributed by atoms with Crippen LogP contribution in [0.5, 0.6) is 11.5 Å². The van der Waals surface area contributed by atoms with Gasteiger partial charge in [0.1, 0.15) is 29.5 Å². The van der Waals surface area contributed by atoms with Gasteiger partial charge >= 0.3 is 11.9 Å². The van der Waals surface area contributed by atoms with Gasteiger partial charge in [-0.3, -0.25) is 0 Å². The van der Waals surface area contributed by atoms with Gasteiger partial charge in [0, 0.05) is 12.5 Å². The summed E-state index contributed by atoms with van der Waals surface area (Å²) >= 11 is 0. The van der Waals surface area contributed by atoms with Crippen molar-refractivity contribution in [1.82, 2.24) is 0 Å². The van der Waals surface area contributed by atoms with Gasteiger partial charge in [-0.05, 0) is 23.8 Å². The molecule has 1 aromatic carbocycles. The molecule has 3 heterocycles. The number of carbonyl (C=O) groups is 2. The van der Waals surface area contributed by atoms with Gasteiger partial charge < -0.3 is 54.0 Å². The average Bonchev–Trinajstić information content (AvgIpc) is 2.92. The number of cyclic esters (lactones) is 1. The van der Waals surface area contributed by atoms with Crippen LogP contribution in [-0.4, -0.2) is 100 Å². The number of rotatable bonds is 8. The van der Waals surface area contributed by atoms with E-state index in [1.54, 1.807) is 0 Å². The second-order valence-corrected chi connectivity index (χ2v) is 9.12. The van der Waals surface area contributed by atoms with Crippen LogP contribution in [0, 0.1) is 5.92 Å². The van der Waals surface area contributed by atoms with Crippen molar-refractivity contribution >= 4 is 18.0 Å². The molecule has 2 fully saturated rings. The first-order valence-electron chi connectivity index (χ1n) is 12.0. The molecule has 39 heavy (non-hydrogen) atoms. The van der Waals surface area contributed by atoms with E-state index >= 15 is 0 Å². The predicted octanol–water partition coefficient (Wildman–Crippen LogP) is -0.498. The maximum Gasteiger partial charge on any atom is 0.340 e. The van der Waals surface area contributed by atoms with Gasteiger partial charge in [0.2, 0.25) is 6.29 Å². The second-order valence-electron chi connectivity index (χ2n) is 9.12. The molecule has 0 bridgehead atoms. The second kappa shape index (κ2) is 11.7. The number of esters is 2. The molecule has 2 saturated heterocycles. The van der Waals surface area contributed by atoms with Gasteiger partial charge in [-0.15, -0.1) is 6.58 Å². The molecule has 0 radical (unpaired) electrons. The van der Waals surface area contributed by atoms with E-state index in [2.05, 4.69) is 6.58 Å². The van der Waals surface area contributed by atoms with Crippen LogP contribution in [0.25, 0.3) is 6.08 Å². The lowest BCUT2D eigenvalue weighted by atomic mass is 9.76. The van der Waals surface area contributed by atoms with Crippen molar-refractivity contribution in [2.24, 2.45) is 5.92 Å². The fourth-order valence-corrected chi connectivity index (χ4v) is 4.63. The van der Waals surface area contributed by atoms with Crippen LogP contribution in [0.3, 0.4) is 0 Å². The Kier molecular flexibility index (Phi) is 8.59.